The number of nitriles is 1. The zero-order valence-corrected chi connectivity index (χ0v) is 18.1. The lowest BCUT2D eigenvalue weighted by molar-refractivity contribution is 0.319. The fourth-order valence-corrected chi connectivity index (χ4v) is 4.65. The summed E-state index contributed by atoms with van der Waals surface area (Å²) in [5.74, 6) is 2.06. The van der Waals surface area contributed by atoms with E-state index in [0.717, 1.165) is 29.9 Å². The highest BCUT2D eigenvalue weighted by molar-refractivity contribution is 5.80. The van der Waals surface area contributed by atoms with E-state index in [0.29, 0.717) is 17.4 Å². The van der Waals surface area contributed by atoms with Crippen molar-refractivity contribution in [2.24, 2.45) is 0 Å². The number of fused-ring (bicyclic) bond motifs is 1. The van der Waals surface area contributed by atoms with Gasteiger partial charge in [-0.1, -0.05) is 6.07 Å². The van der Waals surface area contributed by atoms with Crippen molar-refractivity contribution in [3.8, 4) is 6.07 Å². The van der Waals surface area contributed by atoms with E-state index in [2.05, 4.69) is 37.2 Å². The molecule has 164 valence electrons. The third-order valence-electron chi connectivity index (χ3n) is 6.88. The Balaban J connectivity index is 1.41. The van der Waals surface area contributed by atoms with Crippen LogP contribution in [0.4, 0.5) is 0 Å². The van der Waals surface area contributed by atoms with Crippen LogP contribution in [0.5, 0.6) is 0 Å². The third kappa shape index (κ3) is 3.30. The summed E-state index contributed by atoms with van der Waals surface area (Å²) in [5.41, 5.74) is 2.23. The lowest BCUT2D eigenvalue weighted by Gasteiger charge is -2.34. The maximum atomic E-state index is 13.0. The van der Waals surface area contributed by atoms with Crippen LogP contribution in [0.1, 0.15) is 85.0 Å². The van der Waals surface area contributed by atoms with E-state index in [-0.39, 0.29) is 34.5 Å². The second-order valence-electron chi connectivity index (χ2n) is 8.92. The molecule has 2 aliphatic rings. The van der Waals surface area contributed by atoms with Gasteiger partial charge in [0.1, 0.15) is 23.1 Å². The van der Waals surface area contributed by atoms with E-state index in [1.54, 1.807) is 23.1 Å². The fourth-order valence-electron chi connectivity index (χ4n) is 4.65. The summed E-state index contributed by atoms with van der Waals surface area (Å²) < 4.78 is 1.67. The number of rotatable bonds is 5. The number of aromatic nitrogens is 7. The minimum Gasteiger partial charge on any atom is -0.310 e. The Labute approximate surface area is 189 Å². The van der Waals surface area contributed by atoms with Crippen molar-refractivity contribution in [2.45, 2.75) is 56.4 Å². The van der Waals surface area contributed by atoms with Crippen LogP contribution in [0.2, 0.25) is 0 Å². The van der Waals surface area contributed by atoms with E-state index in [1.807, 2.05) is 19.2 Å². The van der Waals surface area contributed by atoms with Crippen LogP contribution < -0.4 is 5.56 Å². The monoisotopic (exact) mass is 438 g/mol. The molecule has 4 heterocycles. The first-order chi connectivity index (χ1) is 16.1. The first-order valence-corrected chi connectivity index (χ1v) is 11.3. The second kappa shape index (κ2) is 7.59. The standard InChI is InChI=1S/C24H22N8O/c1-13(15-5-8-18(28-12-15)14-3-4-14)32-23-20(19(11-25)31-32)24(33)30-22(29-23)17-7-6-16(17)21-26-9-2-10-27-21/h2,5,8-10,12-14,16-17H,3-4,6-7H2,1H3,(H,29,30,33)/t13-,16+,17-/m0/s1. The van der Waals surface area contributed by atoms with E-state index in [9.17, 15) is 10.1 Å². The molecule has 0 unspecified atom stereocenters. The van der Waals surface area contributed by atoms with Gasteiger partial charge in [-0.05, 0) is 50.3 Å². The predicted octanol–water partition coefficient (Wildman–Crippen LogP) is 3.32. The molecule has 33 heavy (non-hydrogen) atoms. The van der Waals surface area contributed by atoms with Gasteiger partial charge in [-0.3, -0.25) is 9.78 Å². The highest BCUT2D eigenvalue weighted by Crippen LogP contribution is 2.46. The molecule has 4 aromatic heterocycles. The van der Waals surface area contributed by atoms with Crippen LogP contribution in [0.3, 0.4) is 0 Å². The zero-order chi connectivity index (χ0) is 22.5. The number of pyridine rings is 1. The highest BCUT2D eigenvalue weighted by atomic mass is 16.1. The Morgan fingerprint density at radius 3 is 2.55 bits per heavy atom. The van der Waals surface area contributed by atoms with Gasteiger partial charge in [-0.15, -0.1) is 0 Å². The number of nitrogens with zero attached hydrogens (tertiary/aromatic N) is 7. The largest absolute Gasteiger partial charge is 0.310 e. The molecule has 9 heteroatoms. The zero-order valence-electron chi connectivity index (χ0n) is 18.1. The van der Waals surface area contributed by atoms with E-state index >= 15 is 0 Å². The molecule has 9 nitrogen and oxygen atoms in total. The van der Waals surface area contributed by atoms with Gasteiger partial charge in [0.2, 0.25) is 0 Å². The van der Waals surface area contributed by atoms with Crippen molar-refractivity contribution in [1.82, 2.24) is 34.7 Å². The molecule has 0 aliphatic heterocycles. The van der Waals surface area contributed by atoms with E-state index in [4.69, 9.17) is 4.98 Å². The van der Waals surface area contributed by atoms with Crippen LogP contribution in [0.25, 0.3) is 11.0 Å². The van der Waals surface area contributed by atoms with Gasteiger partial charge < -0.3 is 4.98 Å². The van der Waals surface area contributed by atoms with Gasteiger partial charge in [0.05, 0.1) is 6.04 Å². The molecular weight excluding hydrogens is 416 g/mol. The average Bonchev–Trinajstić information content (AvgIpc) is 3.59. The van der Waals surface area contributed by atoms with Crippen molar-refractivity contribution in [1.29, 1.82) is 5.26 Å². The molecule has 0 spiro atoms. The topological polar surface area (TPSA) is 126 Å². The van der Waals surface area contributed by atoms with Crippen LogP contribution in [-0.4, -0.2) is 34.7 Å². The maximum Gasteiger partial charge on any atom is 0.263 e. The van der Waals surface area contributed by atoms with Crippen LogP contribution in [0, 0.1) is 11.3 Å². The summed E-state index contributed by atoms with van der Waals surface area (Å²) in [5, 5.41) is 14.3. The lowest BCUT2D eigenvalue weighted by atomic mass is 9.72. The number of hydrogen-bond acceptors (Lipinski definition) is 7. The summed E-state index contributed by atoms with van der Waals surface area (Å²) in [7, 11) is 0. The Morgan fingerprint density at radius 2 is 1.91 bits per heavy atom. The van der Waals surface area contributed by atoms with Gasteiger partial charge in [-0.2, -0.15) is 10.4 Å². The predicted molar refractivity (Wildman–Crippen MR) is 120 cm³/mol. The summed E-state index contributed by atoms with van der Waals surface area (Å²) >= 11 is 0. The van der Waals surface area contributed by atoms with Crippen LogP contribution >= 0.6 is 0 Å². The molecule has 0 bridgehead atoms. The van der Waals surface area contributed by atoms with Gasteiger partial charge in [-0.25, -0.2) is 19.6 Å². The molecule has 2 saturated carbocycles. The summed E-state index contributed by atoms with van der Waals surface area (Å²) in [6.45, 7) is 1.98. The van der Waals surface area contributed by atoms with E-state index < -0.39 is 0 Å². The van der Waals surface area contributed by atoms with Crippen molar-refractivity contribution in [3.05, 3.63) is 75.7 Å². The molecule has 6 rings (SSSR count). The quantitative estimate of drug-likeness (QED) is 0.506. The Hall–Kier alpha value is -3.93. The molecule has 0 saturated heterocycles. The maximum absolute atomic E-state index is 13.0. The summed E-state index contributed by atoms with van der Waals surface area (Å²) in [6, 6.07) is 7.72. The number of aromatic amines is 1. The SMILES string of the molecule is C[C@@H](c1ccc(C2CC2)nc1)n1nc(C#N)c2c(=O)[nH]c([C@H]3CC[C@H]3c3ncccn3)nc21. The smallest absolute Gasteiger partial charge is 0.263 e. The number of H-pyrrole nitrogens is 1. The molecule has 2 aliphatic carbocycles. The van der Waals surface area contributed by atoms with Crippen molar-refractivity contribution >= 4 is 11.0 Å². The minimum atomic E-state index is -0.341. The summed E-state index contributed by atoms with van der Waals surface area (Å²) in [6.07, 6.45) is 9.55. The van der Waals surface area contributed by atoms with Gasteiger partial charge in [0, 0.05) is 42.0 Å². The van der Waals surface area contributed by atoms with Crippen LogP contribution in [-0.2, 0) is 0 Å². The molecule has 1 N–H and O–H groups in total. The molecule has 0 aromatic carbocycles. The van der Waals surface area contributed by atoms with Gasteiger partial charge in [0.25, 0.3) is 5.56 Å². The fraction of sp³-hybridized carbons (Fsp3) is 0.375. The average molecular weight is 438 g/mol. The van der Waals surface area contributed by atoms with Crippen molar-refractivity contribution < 1.29 is 0 Å². The Kier molecular flexibility index (Phi) is 4.54. The number of nitrogens with one attached hydrogen (secondary N) is 1. The van der Waals surface area contributed by atoms with Crippen LogP contribution in [0.15, 0.2) is 41.6 Å². The van der Waals surface area contributed by atoms with E-state index in [1.165, 1.54) is 12.8 Å². The molecule has 0 radical (unpaired) electrons. The first-order valence-electron chi connectivity index (χ1n) is 11.3. The minimum absolute atomic E-state index is 0.0215. The van der Waals surface area contributed by atoms with Crippen molar-refractivity contribution in [2.75, 3.05) is 0 Å². The first kappa shape index (κ1) is 19.7. The molecule has 0 amide bonds. The number of hydrogen-bond donors (Lipinski definition) is 1. The Morgan fingerprint density at radius 1 is 1.12 bits per heavy atom. The van der Waals surface area contributed by atoms with Crippen molar-refractivity contribution in [3.63, 3.8) is 0 Å². The molecule has 4 aromatic rings. The Bertz CT molecular complexity index is 1430. The molecule has 2 fully saturated rings. The molecular formula is C24H22N8O. The molecule has 3 atom stereocenters. The lowest BCUT2D eigenvalue weighted by Crippen LogP contribution is -2.28. The second-order valence-corrected chi connectivity index (χ2v) is 8.92. The third-order valence-corrected chi connectivity index (χ3v) is 6.88. The normalized spacial score (nSPS) is 20.8. The van der Waals surface area contributed by atoms with Gasteiger partial charge in [0.15, 0.2) is 11.3 Å². The highest BCUT2D eigenvalue weighted by Gasteiger charge is 2.38. The van der Waals surface area contributed by atoms with Gasteiger partial charge >= 0.3 is 0 Å². The summed E-state index contributed by atoms with van der Waals surface area (Å²) in [4.78, 5) is 34.1.